The van der Waals surface area contributed by atoms with Crippen LogP contribution >= 0.6 is 22.9 Å². The highest BCUT2D eigenvalue weighted by Crippen LogP contribution is 2.25. The number of pyridine rings is 1. The van der Waals surface area contributed by atoms with Gasteiger partial charge < -0.3 is 14.8 Å². The number of aromatic nitrogens is 2. The van der Waals surface area contributed by atoms with E-state index in [0.717, 1.165) is 30.6 Å². The number of hydrogen-bond donors (Lipinski definition) is 1. The molecule has 2 heterocycles. The van der Waals surface area contributed by atoms with Gasteiger partial charge in [-0.25, -0.2) is 4.98 Å². The van der Waals surface area contributed by atoms with Gasteiger partial charge in [-0.05, 0) is 37.8 Å². The van der Waals surface area contributed by atoms with Crippen LogP contribution < -0.4 is 5.32 Å². The van der Waals surface area contributed by atoms with Gasteiger partial charge in [-0.15, -0.1) is 11.3 Å². The van der Waals surface area contributed by atoms with Crippen LogP contribution in [0.4, 0.5) is 0 Å². The Morgan fingerprint density at radius 2 is 2.12 bits per heavy atom. The summed E-state index contributed by atoms with van der Waals surface area (Å²) >= 11 is 7.63. The molecule has 0 saturated heterocycles. The zero-order valence-electron chi connectivity index (χ0n) is 14.6. The minimum absolute atomic E-state index is 0.136. The van der Waals surface area contributed by atoms with Gasteiger partial charge in [0.2, 0.25) is 0 Å². The number of methoxy groups -OCH3 is 1. The summed E-state index contributed by atoms with van der Waals surface area (Å²) in [6, 6.07) is 3.48. The highest BCUT2D eigenvalue weighted by molar-refractivity contribution is 7.13. The lowest BCUT2D eigenvalue weighted by atomic mass is 9.93. The Kier molecular flexibility index (Phi) is 6.96. The minimum atomic E-state index is -0.193. The maximum absolute atomic E-state index is 12.6. The van der Waals surface area contributed by atoms with Gasteiger partial charge in [0.25, 0.3) is 5.91 Å². The van der Waals surface area contributed by atoms with Crippen molar-refractivity contribution in [3.63, 3.8) is 0 Å². The van der Waals surface area contributed by atoms with E-state index in [1.54, 1.807) is 30.9 Å². The van der Waals surface area contributed by atoms with Crippen molar-refractivity contribution in [2.75, 3.05) is 20.3 Å². The molecule has 1 N–H and O–H groups in total. The summed E-state index contributed by atoms with van der Waals surface area (Å²) in [5, 5.41) is 3.56. The monoisotopic (exact) mass is 395 g/mol. The smallest absolute Gasteiger partial charge is 0.270 e. The second-order valence-electron chi connectivity index (χ2n) is 6.23. The van der Waals surface area contributed by atoms with E-state index >= 15 is 0 Å². The average molecular weight is 396 g/mol. The average Bonchev–Trinajstić information content (AvgIpc) is 3.18. The first-order valence-corrected chi connectivity index (χ1v) is 9.89. The first-order valence-electron chi connectivity index (χ1n) is 8.63. The Morgan fingerprint density at radius 1 is 1.31 bits per heavy atom. The van der Waals surface area contributed by atoms with Gasteiger partial charge in [0.05, 0.1) is 35.4 Å². The topological polar surface area (TPSA) is 73.3 Å². The predicted octanol–water partition coefficient (Wildman–Crippen LogP) is 3.56. The lowest BCUT2D eigenvalue weighted by Crippen LogP contribution is -2.39. The molecule has 0 aromatic carbocycles. The Labute approximate surface area is 161 Å². The number of amides is 1. The third kappa shape index (κ3) is 5.23. The molecule has 140 valence electrons. The number of nitrogens with one attached hydrogen (secondary N) is 1. The van der Waals surface area contributed by atoms with E-state index in [9.17, 15) is 4.79 Å². The van der Waals surface area contributed by atoms with E-state index in [0.29, 0.717) is 29.6 Å². The second kappa shape index (κ2) is 9.41. The molecule has 1 aliphatic carbocycles. The largest absolute Gasteiger partial charge is 0.382 e. The Bertz CT molecular complexity index is 718. The number of carbonyl (C=O) groups excluding carboxylic acids is 1. The molecule has 2 aromatic heterocycles. The molecule has 3 rings (SSSR count). The van der Waals surface area contributed by atoms with Crippen molar-refractivity contribution in [3.8, 4) is 10.6 Å². The summed E-state index contributed by atoms with van der Waals surface area (Å²) in [5.74, 6) is -0.193. The van der Waals surface area contributed by atoms with Crippen molar-refractivity contribution in [2.45, 2.75) is 37.8 Å². The van der Waals surface area contributed by atoms with Gasteiger partial charge in [-0.3, -0.25) is 9.78 Å². The van der Waals surface area contributed by atoms with Gasteiger partial charge in [0.1, 0.15) is 5.69 Å². The zero-order chi connectivity index (χ0) is 18.4. The number of rotatable bonds is 7. The summed E-state index contributed by atoms with van der Waals surface area (Å²) in [7, 11) is 1.67. The van der Waals surface area contributed by atoms with Crippen molar-refractivity contribution >= 4 is 28.8 Å². The molecule has 0 radical (unpaired) electrons. The summed E-state index contributed by atoms with van der Waals surface area (Å²) < 4.78 is 10.8. The summed E-state index contributed by atoms with van der Waals surface area (Å²) in [4.78, 5) is 22.0. The summed E-state index contributed by atoms with van der Waals surface area (Å²) in [5.41, 5.74) is 2.73. The highest BCUT2D eigenvalue weighted by atomic mass is 35.5. The molecule has 0 spiro atoms. The van der Waals surface area contributed by atoms with Gasteiger partial charge >= 0.3 is 0 Å². The van der Waals surface area contributed by atoms with Crippen LogP contribution in [0.5, 0.6) is 0 Å². The summed E-state index contributed by atoms with van der Waals surface area (Å²) in [6.45, 7) is 1.23. The maximum Gasteiger partial charge on any atom is 0.270 e. The van der Waals surface area contributed by atoms with Crippen molar-refractivity contribution in [1.82, 2.24) is 15.3 Å². The molecular weight excluding hydrogens is 374 g/mol. The third-order valence-corrected chi connectivity index (χ3v) is 5.37. The number of nitrogens with zero attached hydrogens (tertiary/aromatic N) is 2. The van der Waals surface area contributed by atoms with Crippen LogP contribution in [-0.4, -0.2) is 48.3 Å². The van der Waals surface area contributed by atoms with E-state index in [-0.39, 0.29) is 18.1 Å². The molecule has 0 aliphatic heterocycles. The molecule has 0 unspecified atom stereocenters. The molecule has 1 amide bonds. The highest BCUT2D eigenvalue weighted by Gasteiger charge is 2.24. The Hall–Kier alpha value is -1.54. The molecule has 26 heavy (non-hydrogen) atoms. The molecule has 1 fully saturated rings. The van der Waals surface area contributed by atoms with E-state index in [4.69, 9.17) is 21.1 Å². The molecule has 2 aromatic rings. The van der Waals surface area contributed by atoms with Gasteiger partial charge in [0.15, 0.2) is 0 Å². The van der Waals surface area contributed by atoms with Gasteiger partial charge in [0, 0.05) is 24.4 Å². The lowest BCUT2D eigenvalue weighted by Gasteiger charge is -2.29. The van der Waals surface area contributed by atoms with Crippen LogP contribution in [-0.2, 0) is 9.47 Å². The first-order chi connectivity index (χ1) is 12.7. The SMILES string of the molecule is COCCOC1CCC(NC(=O)c2cc(Cl)cc(-c3cncs3)n2)CC1. The van der Waals surface area contributed by atoms with E-state index in [1.165, 1.54) is 11.3 Å². The van der Waals surface area contributed by atoms with Crippen molar-refractivity contribution < 1.29 is 14.3 Å². The lowest BCUT2D eigenvalue weighted by molar-refractivity contribution is -0.00409. The van der Waals surface area contributed by atoms with Crippen LogP contribution in [0.2, 0.25) is 5.02 Å². The minimum Gasteiger partial charge on any atom is -0.382 e. The van der Waals surface area contributed by atoms with Crippen LogP contribution in [0, 0.1) is 0 Å². The van der Waals surface area contributed by atoms with Gasteiger partial charge in [-0.2, -0.15) is 0 Å². The molecule has 6 nitrogen and oxygen atoms in total. The summed E-state index contributed by atoms with van der Waals surface area (Å²) in [6.07, 6.45) is 5.63. The van der Waals surface area contributed by atoms with E-state index < -0.39 is 0 Å². The van der Waals surface area contributed by atoms with Crippen LogP contribution in [0.1, 0.15) is 36.2 Å². The molecule has 0 atom stereocenters. The maximum atomic E-state index is 12.6. The molecular formula is C18H22ClN3O3S. The number of thiazole rings is 1. The predicted molar refractivity (Wildman–Crippen MR) is 102 cm³/mol. The van der Waals surface area contributed by atoms with Crippen molar-refractivity contribution in [2.24, 2.45) is 0 Å². The molecule has 1 aliphatic rings. The quantitative estimate of drug-likeness (QED) is 0.725. The van der Waals surface area contributed by atoms with Crippen molar-refractivity contribution in [3.05, 3.63) is 34.6 Å². The fourth-order valence-electron chi connectivity index (χ4n) is 3.01. The second-order valence-corrected chi connectivity index (χ2v) is 7.55. The number of ether oxygens (including phenoxy) is 2. The number of hydrogen-bond acceptors (Lipinski definition) is 6. The zero-order valence-corrected chi connectivity index (χ0v) is 16.2. The normalized spacial score (nSPS) is 20.1. The first kappa shape index (κ1) is 19.2. The van der Waals surface area contributed by atoms with Gasteiger partial charge in [-0.1, -0.05) is 11.6 Å². The van der Waals surface area contributed by atoms with Crippen LogP contribution in [0.15, 0.2) is 23.8 Å². The number of carbonyl (C=O) groups is 1. The molecule has 0 bridgehead atoms. The fraction of sp³-hybridized carbons (Fsp3) is 0.500. The third-order valence-electron chi connectivity index (χ3n) is 4.36. The van der Waals surface area contributed by atoms with E-state index in [2.05, 4.69) is 15.3 Å². The molecule has 8 heteroatoms. The Balaban J connectivity index is 1.56. The van der Waals surface area contributed by atoms with E-state index in [1.807, 2.05) is 0 Å². The fourth-order valence-corrected chi connectivity index (χ4v) is 3.80. The molecule has 1 saturated carbocycles. The van der Waals surface area contributed by atoms with Crippen LogP contribution in [0.3, 0.4) is 0 Å². The standard InChI is InChI=1S/C18H22ClN3O3S/c1-24-6-7-25-14-4-2-13(3-5-14)21-18(23)16-9-12(19)8-15(22-16)17-10-20-11-26-17/h8-11,13-14H,2-7H2,1H3,(H,21,23). The van der Waals surface area contributed by atoms with Crippen LogP contribution in [0.25, 0.3) is 10.6 Å². The Morgan fingerprint density at radius 3 is 2.81 bits per heavy atom. The number of halogens is 1. The van der Waals surface area contributed by atoms with Crippen molar-refractivity contribution in [1.29, 1.82) is 0 Å².